The maximum atomic E-state index is 13.0. The van der Waals surface area contributed by atoms with Gasteiger partial charge in [-0.25, -0.2) is 4.68 Å². The smallest absolute Gasteiger partial charge is 0.295 e. The molecule has 1 heterocycles. The normalized spacial score (nSPS) is 11.0. The van der Waals surface area contributed by atoms with E-state index >= 15 is 0 Å². The standard InChI is InChI=1S/C23H22N4O4/c1-15-21(23(29)27(26(15)2)18-8-6-5-7-9-18)25-22(28)17(14-24)12-16-10-11-19(30-3)13-20(16)31-4/h5-13H,1-4H3,(H,25,28). The number of carbonyl (C=O) groups is 1. The van der Waals surface area contributed by atoms with Crippen molar-refractivity contribution in [3.05, 3.63) is 75.7 Å². The molecule has 0 atom stereocenters. The van der Waals surface area contributed by atoms with Crippen molar-refractivity contribution in [2.75, 3.05) is 19.5 Å². The van der Waals surface area contributed by atoms with Crippen molar-refractivity contribution in [2.45, 2.75) is 6.92 Å². The number of methoxy groups -OCH3 is 2. The molecular formula is C23H22N4O4. The van der Waals surface area contributed by atoms with Crippen LogP contribution in [0.3, 0.4) is 0 Å². The van der Waals surface area contributed by atoms with Crippen LogP contribution in [0.4, 0.5) is 5.69 Å². The molecule has 0 spiro atoms. The first-order valence-corrected chi connectivity index (χ1v) is 9.40. The third-order valence-corrected chi connectivity index (χ3v) is 4.90. The summed E-state index contributed by atoms with van der Waals surface area (Å²) in [7, 11) is 4.74. The molecule has 2 aromatic carbocycles. The van der Waals surface area contributed by atoms with Crippen LogP contribution in [0.1, 0.15) is 11.3 Å². The lowest BCUT2D eigenvalue weighted by atomic mass is 10.1. The van der Waals surface area contributed by atoms with Crippen molar-refractivity contribution in [3.8, 4) is 23.3 Å². The first-order valence-electron chi connectivity index (χ1n) is 9.40. The average Bonchev–Trinajstić information content (AvgIpc) is 3.00. The predicted molar refractivity (Wildman–Crippen MR) is 118 cm³/mol. The Morgan fingerprint density at radius 1 is 1.13 bits per heavy atom. The van der Waals surface area contributed by atoms with Crippen LogP contribution in [0, 0.1) is 18.3 Å². The second kappa shape index (κ2) is 9.05. The number of carbonyl (C=O) groups excluding carboxylic acids is 1. The van der Waals surface area contributed by atoms with E-state index in [1.807, 2.05) is 24.3 Å². The van der Waals surface area contributed by atoms with E-state index in [0.29, 0.717) is 28.4 Å². The van der Waals surface area contributed by atoms with Crippen LogP contribution in [0.5, 0.6) is 11.5 Å². The van der Waals surface area contributed by atoms with Crippen LogP contribution in [0.25, 0.3) is 11.8 Å². The number of nitrogens with zero attached hydrogens (tertiary/aromatic N) is 3. The van der Waals surface area contributed by atoms with E-state index in [0.717, 1.165) is 0 Å². The predicted octanol–water partition coefficient (Wildman–Crippen LogP) is 3.05. The molecule has 0 bridgehead atoms. The van der Waals surface area contributed by atoms with E-state index in [1.54, 1.807) is 49.0 Å². The zero-order valence-electron chi connectivity index (χ0n) is 17.7. The first-order chi connectivity index (χ1) is 14.9. The second-order valence-corrected chi connectivity index (χ2v) is 6.67. The zero-order chi connectivity index (χ0) is 22.5. The molecule has 1 amide bonds. The highest BCUT2D eigenvalue weighted by Crippen LogP contribution is 2.26. The second-order valence-electron chi connectivity index (χ2n) is 6.67. The fourth-order valence-electron chi connectivity index (χ4n) is 3.13. The molecule has 0 aliphatic heterocycles. The van der Waals surface area contributed by atoms with Gasteiger partial charge in [-0.1, -0.05) is 18.2 Å². The van der Waals surface area contributed by atoms with Gasteiger partial charge < -0.3 is 14.8 Å². The highest BCUT2D eigenvalue weighted by atomic mass is 16.5. The Kier molecular flexibility index (Phi) is 6.26. The lowest BCUT2D eigenvalue weighted by Crippen LogP contribution is -2.23. The summed E-state index contributed by atoms with van der Waals surface area (Å²) < 4.78 is 13.6. The summed E-state index contributed by atoms with van der Waals surface area (Å²) in [4.78, 5) is 25.8. The van der Waals surface area contributed by atoms with E-state index in [-0.39, 0.29) is 16.8 Å². The number of para-hydroxylation sites is 1. The molecule has 0 unspecified atom stereocenters. The minimum absolute atomic E-state index is 0.110. The summed E-state index contributed by atoms with van der Waals surface area (Å²) in [5.41, 5.74) is 1.30. The lowest BCUT2D eigenvalue weighted by Gasteiger charge is -2.08. The number of anilines is 1. The van der Waals surface area contributed by atoms with Gasteiger partial charge in [-0.2, -0.15) is 5.26 Å². The molecule has 3 aromatic rings. The molecule has 0 aliphatic carbocycles. The van der Waals surface area contributed by atoms with Gasteiger partial charge in [0.2, 0.25) is 0 Å². The fraction of sp³-hybridized carbons (Fsp3) is 0.174. The van der Waals surface area contributed by atoms with Crippen molar-refractivity contribution in [2.24, 2.45) is 7.05 Å². The summed E-state index contributed by atoms with van der Waals surface area (Å²) in [5.74, 6) is 0.340. The summed E-state index contributed by atoms with van der Waals surface area (Å²) in [5, 5.41) is 12.1. The van der Waals surface area contributed by atoms with E-state index < -0.39 is 5.91 Å². The van der Waals surface area contributed by atoms with Crippen LogP contribution < -0.4 is 20.3 Å². The molecule has 0 saturated heterocycles. The monoisotopic (exact) mass is 418 g/mol. The third kappa shape index (κ3) is 4.21. The Morgan fingerprint density at radius 3 is 2.45 bits per heavy atom. The highest BCUT2D eigenvalue weighted by molar-refractivity contribution is 6.10. The molecule has 0 radical (unpaired) electrons. The maximum Gasteiger partial charge on any atom is 0.295 e. The number of nitriles is 1. The quantitative estimate of drug-likeness (QED) is 0.490. The number of nitrogens with one attached hydrogen (secondary N) is 1. The maximum absolute atomic E-state index is 13.0. The Bertz CT molecular complexity index is 1250. The highest BCUT2D eigenvalue weighted by Gasteiger charge is 2.20. The van der Waals surface area contributed by atoms with Crippen molar-refractivity contribution in [1.29, 1.82) is 5.26 Å². The Morgan fingerprint density at radius 2 is 1.84 bits per heavy atom. The number of amides is 1. The van der Waals surface area contributed by atoms with Crippen LogP contribution >= 0.6 is 0 Å². The van der Waals surface area contributed by atoms with Gasteiger partial charge in [0.05, 0.1) is 25.6 Å². The molecule has 31 heavy (non-hydrogen) atoms. The van der Waals surface area contributed by atoms with Gasteiger partial charge in [0.25, 0.3) is 11.5 Å². The molecule has 1 aromatic heterocycles. The lowest BCUT2D eigenvalue weighted by molar-refractivity contribution is -0.112. The van der Waals surface area contributed by atoms with Gasteiger partial charge in [0.1, 0.15) is 28.8 Å². The minimum Gasteiger partial charge on any atom is -0.497 e. The molecule has 3 rings (SSSR count). The number of aromatic nitrogens is 2. The van der Waals surface area contributed by atoms with Crippen LogP contribution in [0.2, 0.25) is 0 Å². The third-order valence-electron chi connectivity index (χ3n) is 4.90. The van der Waals surface area contributed by atoms with Crippen LogP contribution in [0.15, 0.2) is 58.9 Å². The van der Waals surface area contributed by atoms with Gasteiger partial charge in [-0.3, -0.25) is 14.3 Å². The van der Waals surface area contributed by atoms with Crippen molar-refractivity contribution in [1.82, 2.24) is 9.36 Å². The first kappa shape index (κ1) is 21.5. The molecule has 1 N–H and O–H groups in total. The number of ether oxygens (including phenoxy) is 2. The number of rotatable bonds is 6. The van der Waals surface area contributed by atoms with E-state index in [2.05, 4.69) is 5.32 Å². The van der Waals surface area contributed by atoms with Crippen molar-refractivity contribution < 1.29 is 14.3 Å². The Balaban J connectivity index is 1.97. The van der Waals surface area contributed by atoms with Gasteiger partial charge in [-0.05, 0) is 37.3 Å². The summed E-state index contributed by atoms with van der Waals surface area (Å²) >= 11 is 0. The SMILES string of the molecule is COc1ccc(C=C(C#N)C(=O)Nc2c(C)n(C)n(-c3ccccc3)c2=O)c(OC)c1. The van der Waals surface area contributed by atoms with E-state index in [1.165, 1.54) is 25.0 Å². The summed E-state index contributed by atoms with van der Waals surface area (Å²) in [6, 6.07) is 16.0. The fourth-order valence-corrected chi connectivity index (χ4v) is 3.13. The van der Waals surface area contributed by atoms with Gasteiger partial charge in [0, 0.05) is 18.7 Å². The van der Waals surface area contributed by atoms with Crippen LogP contribution in [-0.2, 0) is 11.8 Å². The van der Waals surface area contributed by atoms with Gasteiger partial charge >= 0.3 is 0 Å². The van der Waals surface area contributed by atoms with E-state index in [9.17, 15) is 14.9 Å². The molecule has 8 heteroatoms. The Labute approximate surface area is 179 Å². The van der Waals surface area contributed by atoms with E-state index in [4.69, 9.17) is 9.47 Å². The average molecular weight is 418 g/mol. The molecule has 8 nitrogen and oxygen atoms in total. The summed E-state index contributed by atoms with van der Waals surface area (Å²) in [6.07, 6.45) is 1.40. The Hall–Kier alpha value is -4.25. The number of benzene rings is 2. The molecule has 0 aliphatic rings. The molecule has 0 saturated carbocycles. The van der Waals surface area contributed by atoms with Crippen molar-refractivity contribution in [3.63, 3.8) is 0 Å². The molecule has 0 fully saturated rings. The van der Waals surface area contributed by atoms with Gasteiger partial charge in [0.15, 0.2) is 0 Å². The van der Waals surface area contributed by atoms with Crippen LogP contribution in [-0.4, -0.2) is 29.5 Å². The zero-order valence-corrected chi connectivity index (χ0v) is 17.7. The summed E-state index contributed by atoms with van der Waals surface area (Å²) in [6.45, 7) is 1.72. The topological polar surface area (TPSA) is 98.3 Å². The van der Waals surface area contributed by atoms with Gasteiger partial charge in [-0.15, -0.1) is 0 Å². The number of hydrogen-bond donors (Lipinski definition) is 1. The minimum atomic E-state index is -0.689. The number of hydrogen-bond acceptors (Lipinski definition) is 5. The molecular weight excluding hydrogens is 396 g/mol. The van der Waals surface area contributed by atoms with Crippen molar-refractivity contribution >= 4 is 17.7 Å². The molecule has 158 valence electrons. The largest absolute Gasteiger partial charge is 0.497 e.